The Morgan fingerprint density at radius 3 is 2.44 bits per heavy atom. The van der Waals surface area contributed by atoms with E-state index in [1.807, 2.05) is 48.3 Å². The van der Waals surface area contributed by atoms with E-state index in [4.69, 9.17) is 0 Å². The molecule has 0 saturated carbocycles. The summed E-state index contributed by atoms with van der Waals surface area (Å²) in [4.78, 5) is 15.7. The Bertz CT molecular complexity index is 1060. The quantitative estimate of drug-likeness (QED) is 0.552. The molecule has 1 saturated heterocycles. The number of aliphatic hydroxyl groups is 1. The Kier molecular flexibility index (Phi) is 6.47. The molecule has 5 nitrogen and oxygen atoms in total. The van der Waals surface area contributed by atoms with Crippen molar-refractivity contribution < 1.29 is 9.90 Å². The summed E-state index contributed by atoms with van der Waals surface area (Å²) < 4.78 is 0. The van der Waals surface area contributed by atoms with Crippen molar-refractivity contribution in [3.05, 3.63) is 83.9 Å². The minimum atomic E-state index is -0.784. The van der Waals surface area contributed by atoms with Crippen LogP contribution in [-0.2, 0) is 4.79 Å². The first-order chi connectivity index (χ1) is 15.4. The van der Waals surface area contributed by atoms with Crippen LogP contribution in [0.4, 0.5) is 11.4 Å². The summed E-state index contributed by atoms with van der Waals surface area (Å²) in [6.07, 6.45) is 0.195. The number of carbonyl (C=O) groups excluding carboxylic acids is 1. The number of aryl methyl sites for hydroxylation is 1. The lowest BCUT2D eigenvalue weighted by Gasteiger charge is -2.24. The molecular formula is C27H31N3O2. The van der Waals surface area contributed by atoms with Crippen molar-refractivity contribution in [2.24, 2.45) is 0 Å². The van der Waals surface area contributed by atoms with Gasteiger partial charge in [-0.25, -0.2) is 0 Å². The third kappa shape index (κ3) is 4.94. The van der Waals surface area contributed by atoms with Gasteiger partial charge in [-0.2, -0.15) is 0 Å². The number of amides is 1. The molecule has 3 aromatic rings. The Hall–Kier alpha value is -3.31. The lowest BCUT2D eigenvalue weighted by molar-refractivity contribution is -0.129. The molecule has 4 rings (SSSR count). The zero-order chi connectivity index (χ0) is 22.7. The molecule has 2 N–H and O–H groups in total. The van der Waals surface area contributed by atoms with Crippen molar-refractivity contribution in [1.29, 1.82) is 0 Å². The van der Waals surface area contributed by atoms with Gasteiger partial charge in [-0.15, -0.1) is 0 Å². The first-order valence-electron chi connectivity index (χ1n) is 11.1. The molecule has 1 fully saturated rings. The fourth-order valence-corrected chi connectivity index (χ4v) is 4.24. The van der Waals surface area contributed by atoms with E-state index in [0.29, 0.717) is 0 Å². The van der Waals surface area contributed by atoms with Gasteiger partial charge in [-0.05, 0) is 48.7 Å². The van der Waals surface area contributed by atoms with Gasteiger partial charge in [0.2, 0.25) is 5.91 Å². The predicted molar refractivity (Wildman–Crippen MR) is 131 cm³/mol. The second kappa shape index (κ2) is 9.45. The van der Waals surface area contributed by atoms with E-state index in [-0.39, 0.29) is 11.9 Å². The zero-order valence-corrected chi connectivity index (χ0v) is 19.0. The van der Waals surface area contributed by atoms with Crippen LogP contribution in [0.3, 0.4) is 0 Å². The molecule has 0 radical (unpaired) electrons. The summed E-state index contributed by atoms with van der Waals surface area (Å²) in [7, 11) is 1.87. The first kappa shape index (κ1) is 21.9. The van der Waals surface area contributed by atoms with E-state index in [0.717, 1.165) is 42.0 Å². The van der Waals surface area contributed by atoms with Crippen molar-refractivity contribution in [2.45, 2.75) is 32.5 Å². The SMILES string of the molecule is CC(=O)N(C)C1CCN(c2ccc(NC(O)c3ccc(-c4cccc(C)c4)cc3)cc2)C1. The third-order valence-electron chi connectivity index (χ3n) is 6.32. The second-order valence-electron chi connectivity index (χ2n) is 8.60. The summed E-state index contributed by atoms with van der Waals surface area (Å²) in [5.41, 5.74) is 6.35. The molecule has 0 aromatic heterocycles. The minimum Gasteiger partial charge on any atom is -0.369 e. The van der Waals surface area contributed by atoms with E-state index in [2.05, 4.69) is 53.5 Å². The van der Waals surface area contributed by atoms with Crippen LogP contribution in [-0.4, -0.2) is 42.1 Å². The predicted octanol–water partition coefficient (Wildman–Crippen LogP) is 4.82. The van der Waals surface area contributed by atoms with Gasteiger partial charge in [0.05, 0.1) is 6.04 Å². The van der Waals surface area contributed by atoms with Gasteiger partial charge >= 0.3 is 0 Å². The Labute approximate surface area is 190 Å². The molecule has 166 valence electrons. The van der Waals surface area contributed by atoms with Gasteiger partial charge in [0.25, 0.3) is 0 Å². The molecule has 1 amide bonds. The van der Waals surface area contributed by atoms with Crippen molar-refractivity contribution in [2.75, 3.05) is 30.4 Å². The summed E-state index contributed by atoms with van der Waals surface area (Å²) in [6.45, 7) is 5.48. The summed E-state index contributed by atoms with van der Waals surface area (Å²) in [5.74, 6) is 0.109. The van der Waals surface area contributed by atoms with Gasteiger partial charge in [0, 0.05) is 44.0 Å². The molecule has 0 spiro atoms. The Morgan fingerprint density at radius 2 is 1.78 bits per heavy atom. The van der Waals surface area contributed by atoms with E-state index < -0.39 is 6.23 Å². The highest BCUT2D eigenvalue weighted by molar-refractivity contribution is 5.73. The van der Waals surface area contributed by atoms with Crippen LogP contribution in [0.15, 0.2) is 72.8 Å². The number of hydrogen-bond acceptors (Lipinski definition) is 4. The number of nitrogens with zero attached hydrogens (tertiary/aromatic N) is 2. The molecule has 1 aliphatic heterocycles. The van der Waals surface area contributed by atoms with Crippen LogP contribution < -0.4 is 10.2 Å². The van der Waals surface area contributed by atoms with Crippen LogP contribution in [0.1, 0.15) is 30.7 Å². The van der Waals surface area contributed by atoms with Gasteiger partial charge in [0.1, 0.15) is 0 Å². The zero-order valence-electron chi connectivity index (χ0n) is 19.0. The Balaban J connectivity index is 1.37. The molecule has 1 aliphatic rings. The van der Waals surface area contributed by atoms with Gasteiger partial charge in [-0.1, -0.05) is 54.1 Å². The summed E-state index contributed by atoms with van der Waals surface area (Å²) >= 11 is 0. The molecule has 2 atom stereocenters. The van der Waals surface area contributed by atoms with Crippen molar-refractivity contribution in [3.63, 3.8) is 0 Å². The highest BCUT2D eigenvalue weighted by Gasteiger charge is 2.27. The molecule has 0 aliphatic carbocycles. The summed E-state index contributed by atoms with van der Waals surface area (Å²) in [6, 6.07) is 24.8. The average molecular weight is 430 g/mol. The van der Waals surface area contributed by atoms with Gasteiger partial charge < -0.3 is 20.2 Å². The van der Waals surface area contributed by atoms with E-state index in [1.165, 1.54) is 11.1 Å². The third-order valence-corrected chi connectivity index (χ3v) is 6.32. The number of anilines is 2. The molecule has 0 bridgehead atoms. The second-order valence-corrected chi connectivity index (χ2v) is 8.60. The topological polar surface area (TPSA) is 55.8 Å². The molecule has 3 aromatic carbocycles. The molecule has 5 heteroatoms. The van der Waals surface area contributed by atoms with Crippen LogP contribution in [0.2, 0.25) is 0 Å². The largest absolute Gasteiger partial charge is 0.369 e. The number of nitrogens with one attached hydrogen (secondary N) is 1. The van der Waals surface area contributed by atoms with Gasteiger partial charge in [-0.3, -0.25) is 4.79 Å². The van der Waals surface area contributed by atoms with E-state index in [1.54, 1.807) is 6.92 Å². The van der Waals surface area contributed by atoms with E-state index in [9.17, 15) is 9.90 Å². The van der Waals surface area contributed by atoms with Gasteiger partial charge in [0.15, 0.2) is 6.23 Å². The smallest absolute Gasteiger partial charge is 0.219 e. The monoisotopic (exact) mass is 429 g/mol. The normalized spacial score (nSPS) is 16.6. The highest BCUT2D eigenvalue weighted by Crippen LogP contribution is 2.27. The number of benzene rings is 3. The van der Waals surface area contributed by atoms with Crippen molar-refractivity contribution in [3.8, 4) is 11.1 Å². The molecular weight excluding hydrogens is 398 g/mol. The number of hydrogen-bond donors (Lipinski definition) is 2. The summed E-state index contributed by atoms with van der Waals surface area (Å²) in [5, 5.41) is 13.8. The van der Waals surface area contributed by atoms with Crippen molar-refractivity contribution in [1.82, 2.24) is 4.90 Å². The van der Waals surface area contributed by atoms with Crippen LogP contribution in [0.5, 0.6) is 0 Å². The maximum Gasteiger partial charge on any atom is 0.219 e. The highest BCUT2D eigenvalue weighted by atomic mass is 16.3. The molecule has 2 unspecified atom stereocenters. The standard InChI is InChI=1S/C27H31N3O2/c1-19-5-4-6-23(17-19)21-7-9-22(10-8-21)27(32)28-24-11-13-25(14-12-24)30-16-15-26(18-30)29(3)20(2)31/h4-14,17,26-28,32H,15-16,18H2,1-3H3. The lowest BCUT2D eigenvalue weighted by Crippen LogP contribution is -2.37. The van der Waals surface area contributed by atoms with Crippen LogP contribution in [0.25, 0.3) is 11.1 Å². The average Bonchev–Trinajstić information content (AvgIpc) is 3.29. The Morgan fingerprint density at radius 1 is 1.06 bits per heavy atom. The number of rotatable bonds is 6. The fourth-order valence-electron chi connectivity index (χ4n) is 4.24. The maximum atomic E-state index is 11.6. The van der Waals surface area contributed by atoms with Crippen LogP contribution in [0, 0.1) is 6.92 Å². The fraction of sp³-hybridized carbons (Fsp3) is 0.296. The molecule has 1 heterocycles. The number of carbonyl (C=O) groups is 1. The minimum absolute atomic E-state index is 0.109. The van der Waals surface area contributed by atoms with E-state index >= 15 is 0 Å². The maximum absolute atomic E-state index is 11.6. The number of aliphatic hydroxyl groups excluding tert-OH is 1. The first-order valence-corrected chi connectivity index (χ1v) is 11.1. The lowest BCUT2D eigenvalue weighted by atomic mass is 10.0. The van der Waals surface area contributed by atoms with Crippen LogP contribution >= 0.6 is 0 Å². The molecule has 32 heavy (non-hydrogen) atoms. The number of likely N-dealkylation sites (N-methyl/N-ethyl adjacent to an activating group) is 1. The van der Waals surface area contributed by atoms with Crippen molar-refractivity contribution >= 4 is 17.3 Å².